The van der Waals surface area contributed by atoms with Gasteiger partial charge in [-0.25, -0.2) is 4.79 Å². The lowest BCUT2D eigenvalue weighted by atomic mass is 10.1. The maximum Gasteiger partial charge on any atom is 0.319 e. The molecule has 0 saturated carbocycles. The second-order valence-corrected chi connectivity index (χ2v) is 3.66. The van der Waals surface area contributed by atoms with Crippen molar-refractivity contribution < 1.29 is 4.79 Å². The Balaban J connectivity index is 2.38. The van der Waals surface area contributed by atoms with Gasteiger partial charge in [-0.1, -0.05) is 0 Å². The standard InChI is InChI=1S/C8H17N3O/c1-9(2)8(12)11(4)7-5-10(3)6-7/h7H,5-6H2,1-4H3. The van der Waals surface area contributed by atoms with Crippen molar-refractivity contribution >= 4 is 6.03 Å². The summed E-state index contributed by atoms with van der Waals surface area (Å²) in [5.41, 5.74) is 0. The van der Waals surface area contributed by atoms with E-state index in [0.717, 1.165) is 13.1 Å². The molecule has 1 fully saturated rings. The minimum Gasteiger partial charge on any atom is -0.331 e. The summed E-state index contributed by atoms with van der Waals surface area (Å²) >= 11 is 0. The minimum absolute atomic E-state index is 0.0908. The predicted molar refractivity (Wildman–Crippen MR) is 48.1 cm³/mol. The summed E-state index contributed by atoms with van der Waals surface area (Å²) in [5, 5.41) is 0. The monoisotopic (exact) mass is 171 g/mol. The number of carbonyl (C=O) groups excluding carboxylic acids is 1. The summed E-state index contributed by atoms with van der Waals surface area (Å²) < 4.78 is 0. The largest absolute Gasteiger partial charge is 0.331 e. The summed E-state index contributed by atoms with van der Waals surface area (Å²) in [5.74, 6) is 0. The third-order valence-electron chi connectivity index (χ3n) is 2.28. The van der Waals surface area contributed by atoms with Gasteiger partial charge in [0.25, 0.3) is 0 Å². The highest BCUT2D eigenvalue weighted by Gasteiger charge is 2.30. The van der Waals surface area contributed by atoms with Crippen molar-refractivity contribution in [1.82, 2.24) is 14.7 Å². The zero-order chi connectivity index (χ0) is 9.30. The molecule has 12 heavy (non-hydrogen) atoms. The average Bonchev–Trinajstić information content (AvgIpc) is 1.95. The zero-order valence-corrected chi connectivity index (χ0v) is 8.24. The molecule has 0 spiro atoms. The van der Waals surface area contributed by atoms with E-state index in [0.29, 0.717) is 6.04 Å². The third-order valence-corrected chi connectivity index (χ3v) is 2.28. The number of amides is 2. The molecule has 1 rings (SSSR count). The topological polar surface area (TPSA) is 26.8 Å². The van der Waals surface area contributed by atoms with E-state index in [4.69, 9.17) is 0 Å². The summed E-state index contributed by atoms with van der Waals surface area (Å²) in [6.45, 7) is 1.99. The molecule has 0 unspecified atom stereocenters. The van der Waals surface area contributed by atoms with Gasteiger partial charge in [-0.3, -0.25) is 0 Å². The van der Waals surface area contributed by atoms with E-state index in [-0.39, 0.29) is 6.03 Å². The van der Waals surface area contributed by atoms with Crippen LogP contribution in [0.15, 0.2) is 0 Å². The van der Waals surface area contributed by atoms with Crippen LogP contribution in [0.5, 0.6) is 0 Å². The number of nitrogens with zero attached hydrogens (tertiary/aromatic N) is 3. The van der Waals surface area contributed by atoms with Crippen molar-refractivity contribution in [2.45, 2.75) is 6.04 Å². The van der Waals surface area contributed by atoms with Crippen LogP contribution in [-0.4, -0.2) is 68.1 Å². The van der Waals surface area contributed by atoms with Gasteiger partial charge in [0, 0.05) is 34.2 Å². The van der Waals surface area contributed by atoms with Crippen molar-refractivity contribution in [3.63, 3.8) is 0 Å². The molecule has 1 aliphatic rings. The van der Waals surface area contributed by atoms with E-state index >= 15 is 0 Å². The van der Waals surface area contributed by atoms with E-state index in [1.165, 1.54) is 0 Å². The van der Waals surface area contributed by atoms with Crippen molar-refractivity contribution in [2.75, 3.05) is 41.3 Å². The molecule has 1 aliphatic heterocycles. The van der Waals surface area contributed by atoms with Crippen LogP contribution >= 0.6 is 0 Å². The van der Waals surface area contributed by atoms with Gasteiger partial charge < -0.3 is 14.7 Å². The Morgan fingerprint density at radius 2 is 1.83 bits per heavy atom. The average molecular weight is 171 g/mol. The number of carbonyl (C=O) groups is 1. The molecular formula is C8H17N3O. The SMILES string of the molecule is CN1CC(N(C)C(=O)N(C)C)C1. The number of rotatable bonds is 1. The summed E-state index contributed by atoms with van der Waals surface area (Å²) in [6, 6.07) is 0.498. The van der Waals surface area contributed by atoms with E-state index in [1.807, 2.05) is 7.05 Å². The number of hydrogen-bond acceptors (Lipinski definition) is 2. The van der Waals surface area contributed by atoms with Crippen LogP contribution in [0, 0.1) is 0 Å². The fraction of sp³-hybridized carbons (Fsp3) is 0.875. The van der Waals surface area contributed by atoms with Crippen molar-refractivity contribution in [3.8, 4) is 0 Å². The molecular weight excluding hydrogens is 154 g/mol. The molecule has 1 heterocycles. The molecule has 4 nitrogen and oxygen atoms in total. The molecule has 0 aliphatic carbocycles. The van der Waals surface area contributed by atoms with Gasteiger partial charge in [0.15, 0.2) is 0 Å². The third kappa shape index (κ3) is 1.69. The van der Waals surface area contributed by atoms with Crippen LogP contribution < -0.4 is 0 Å². The first-order valence-electron chi connectivity index (χ1n) is 4.15. The van der Waals surface area contributed by atoms with Crippen LogP contribution in [0.4, 0.5) is 4.79 Å². The Labute approximate surface area is 73.7 Å². The summed E-state index contributed by atoms with van der Waals surface area (Å²) in [4.78, 5) is 17.0. The molecule has 0 aromatic carbocycles. The van der Waals surface area contributed by atoms with E-state index in [2.05, 4.69) is 11.9 Å². The van der Waals surface area contributed by atoms with Gasteiger partial charge in [-0.15, -0.1) is 0 Å². The molecule has 0 aromatic rings. The predicted octanol–water partition coefficient (Wildman–Crippen LogP) is -0.0862. The lowest BCUT2D eigenvalue weighted by molar-refractivity contribution is 0.0775. The second-order valence-electron chi connectivity index (χ2n) is 3.66. The molecule has 0 atom stereocenters. The molecule has 1 saturated heterocycles. The van der Waals surface area contributed by atoms with Gasteiger partial charge in [0.1, 0.15) is 0 Å². The number of urea groups is 1. The van der Waals surface area contributed by atoms with Crippen LogP contribution in [-0.2, 0) is 0 Å². The van der Waals surface area contributed by atoms with E-state index in [9.17, 15) is 4.79 Å². The lowest BCUT2D eigenvalue weighted by Crippen LogP contribution is -2.59. The fourth-order valence-electron chi connectivity index (χ4n) is 1.38. The van der Waals surface area contributed by atoms with Crippen molar-refractivity contribution in [2.24, 2.45) is 0 Å². The van der Waals surface area contributed by atoms with Crippen molar-refractivity contribution in [3.05, 3.63) is 0 Å². The van der Waals surface area contributed by atoms with Gasteiger partial charge in [0.2, 0.25) is 0 Å². The van der Waals surface area contributed by atoms with E-state index < -0.39 is 0 Å². The Hall–Kier alpha value is -0.770. The summed E-state index contributed by atoms with van der Waals surface area (Å²) in [7, 11) is 7.48. The highest BCUT2D eigenvalue weighted by atomic mass is 16.2. The maximum atomic E-state index is 11.4. The van der Waals surface area contributed by atoms with Crippen LogP contribution in [0.2, 0.25) is 0 Å². The maximum absolute atomic E-state index is 11.4. The molecule has 0 aromatic heterocycles. The molecule has 0 bridgehead atoms. The number of likely N-dealkylation sites (tertiary alicyclic amines) is 1. The van der Waals surface area contributed by atoms with Gasteiger partial charge in [-0.2, -0.15) is 0 Å². The quantitative estimate of drug-likeness (QED) is 0.551. The Morgan fingerprint density at radius 3 is 2.17 bits per heavy atom. The van der Waals surface area contributed by atoms with Crippen LogP contribution in [0.25, 0.3) is 0 Å². The molecule has 0 N–H and O–H groups in total. The Kier molecular flexibility index (Phi) is 2.57. The first-order valence-corrected chi connectivity index (χ1v) is 4.15. The van der Waals surface area contributed by atoms with Gasteiger partial charge >= 0.3 is 6.03 Å². The minimum atomic E-state index is 0.0908. The smallest absolute Gasteiger partial charge is 0.319 e. The fourth-order valence-corrected chi connectivity index (χ4v) is 1.38. The summed E-state index contributed by atoms with van der Waals surface area (Å²) in [6.07, 6.45) is 0. The van der Waals surface area contributed by atoms with Gasteiger partial charge in [0.05, 0.1) is 6.04 Å². The highest BCUT2D eigenvalue weighted by molar-refractivity contribution is 5.74. The Bertz CT molecular complexity index is 175. The normalized spacial score (nSPS) is 18.7. The van der Waals surface area contributed by atoms with Gasteiger partial charge in [-0.05, 0) is 7.05 Å². The van der Waals surface area contributed by atoms with Crippen LogP contribution in [0.3, 0.4) is 0 Å². The van der Waals surface area contributed by atoms with E-state index in [1.54, 1.807) is 23.9 Å². The second kappa shape index (κ2) is 3.31. The highest BCUT2D eigenvalue weighted by Crippen LogP contribution is 2.11. The first-order chi connectivity index (χ1) is 5.52. The molecule has 70 valence electrons. The first kappa shape index (κ1) is 9.32. The van der Waals surface area contributed by atoms with Crippen molar-refractivity contribution in [1.29, 1.82) is 0 Å². The zero-order valence-electron chi connectivity index (χ0n) is 8.24. The lowest BCUT2D eigenvalue weighted by Gasteiger charge is -2.42. The van der Waals surface area contributed by atoms with Crippen LogP contribution in [0.1, 0.15) is 0 Å². The number of likely N-dealkylation sites (N-methyl/N-ethyl adjacent to an activating group) is 2. The number of hydrogen-bond donors (Lipinski definition) is 0. The molecule has 2 amide bonds. The molecule has 0 radical (unpaired) electrons. The molecule has 4 heteroatoms. The Morgan fingerprint density at radius 1 is 1.33 bits per heavy atom.